The van der Waals surface area contributed by atoms with Crippen LogP contribution in [0.2, 0.25) is 0 Å². The fourth-order valence-corrected chi connectivity index (χ4v) is 2.47. The van der Waals surface area contributed by atoms with Crippen LogP contribution in [0.15, 0.2) is 41.7 Å². The van der Waals surface area contributed by atoms with Crippen LogP contribution in [-0.2, 0) is 13.0 Å². The van der Waals surface area contributed by atoms with Crippen LogP contribution in [-0.4, -0.2) is 20.7 Å². The normalized spacial score (nSPS) is 16.8. The topological polar surface area (TPSA) is 50.4 Å². The van der Waals surface area contributed by atoms with E-state index in [1.165, 1.54) is 11.3 Å². The molecule has 0 unspecified atom stereocenters. The molecule has 1 heterocycles. The van der Waals surface area contributed by atoms with Crippen molar-refractivity contribution in [1.29, 1.82) is 0 Å². The van der Waals surface area contributed by atoms with Gasteiger partial charge in [-0.05, 0) is 24.8 Å². The highest BCUT2D eigenvalue weighted by atomic mass is 16.4. The van der Waals surface area contributed by atoms with Crippen molar-refractivity contribution in [2.24, 2.45) is 5.16 Å². The van der Waals surface area contributed by atoms with Crippen molar-refractivity contribution in [3.63, 3.8) is 0 Å². The quantitative estimate of drug-likeness (QED) is 0.648. The molecule has 0 radical (unpaired) electrons. The predicted molar refractivity (Wildman–Crippen MR) is 69.0 cm³/mol. The van der Waals surface area contributed by atoms with E-state index in [4.69, 9.17) is 5.21 Å². The average molecular weight is 241 g/mol. The van der Waals surface area contributed by atoms with Crippen molar-refractivity contribution in [2.45, 2.75) is 25.8 Å². The van der Waals surface area contributed by atoms with E-state index in [0.29, 0.717) is 0 Å². The Morgan fingerprint density at radius 2 is 2.06 bits per heavy atom. The van der Waals surface area contributed by atoms with Crippen LogP contribution < -0.4 is 0 Å². The van der Waals surface area contributed by atoms with Crippen LogP contribution in [0.1, 0.15) is 29.7 Å². The number of rotatable bonds is 2. The van der Waals surface area contributed by atoms with Crippen molar-refractivity contribution in [1.82, 2.24) is 9.78 Å². The predicted octanol–water partition coefficient (Wildman–Crippen LogP) is 2.45. The number of oxime groups is 1. The maximum atomic E-state index is 8.99. The van der Waals surface area contributed by atoms with Gasteiger partial charge in [-0.15, -0.1) is 0 Å². The van der Waals surface area contributed by atoms with E-state index in [2.05, 4.69) is 22.4 Å². The lowest BCUT2D eigenvalue weighted by atomic mass is 9.96. The lowest BCUT2D eigenvalue weighted by molar-refractivity contribution is 0.317. The zero-order valence-electron chi connectivity index (χ0n) is 10.1. The third-order valence-corrected chi connectivity index (χ3v) is 3.38. The van der Waals surface area contributed by atoms with Crippen LogP contribution in [0, 0.1) is 0 Å². The van der Waals surface area contributed by atoms with Gasteiger partial charge in [0.2, 0.25) is 0 Å². The molecule has 1 aromatic heterocycles. The van der Waals surface area contributed by atoms with E-state index < -0.39 is 0 Å². The van der Waals surface area contributed by atoms with Crippen LogP contribution in [0.25, 0.3) is 0 Å². The highest BCUT2D eigenvalue weighted by molar-refractivity contribution is 6.01. The molecule has 0 bridgehead atoms. The summed E-state index contributed by atoms with van der Waals surface area (Å²) in [5, 5.41) is 16.8. The smallest absolute Gasteiger partial charge is 0.0902 e. The highest BCUT2D eigenvalue weighted by Gasteiger charge is 2.20. The van der Waals surface area contributed by atoms with Gasteiger partial charge >= 0.3 is 0 Å². The summed E-state index contributed by atoms with van der Waals surface area (Å²) in [6, 6.07) is 10.3. The maximum absolute atomic E-state index is 8.99. The molecule has 0 amide bonds. The monoisotopic (exact) mass is 241 g/mol. The summed E-state index contributed by atoms with van der Waals surface area (Å²) in [6.45, 7) is 0.773. The molecule has 1 aliphatic rings. The Morgan fingerprint density at radius 1 is 1.22 bits per heavy atom. The van der Waals surface area contributed by atoms with Gasteiger partial charge < -0.3 is 5.21 Å². The molecule has 0 saturated carbocycles. The Labute approximate surface area is 106 Å². The molecular weight excluding hydrogens is 226 g/mol. The summed E-state index contributed by atoms with van der Waals surface area (Å²) in [4.78, 5) is 0. The largest absolute Gasteiger partial charge is 0.411 e. The van der Waals surface area contributed by atoms with Gasteiger partial charge in [0.25, 0.3) is 0 Å². The van der Waals surface area contributed by atoms with Crippen molar-refractivity contribution in [3.8, 4) is 0 Å². The Balaban J connectivity index is 1.93. The van der Waals surface area contributed by atoms with Gasteiger partial charge in [0.1, 0.15) is 0 Å². The summed E-state index contributed by atoms with van der Waals surface area (Å²) >= 11 is 0. The van der Waals surface area contributed by atoms with Crippen LogP contribution >= 0.6 is 0 Å². The first-order valence-electron chi connectivity index (χ1n) is 6.18. The molecule has 1 aromatic carbocycles. The molecule has 0 saturated heterocycles. The molecule has 0 aliphatic heterocycles. The van der Waals surface area contributed by atoms with Crippen LogP contribution in [0.3, 0.4) is 0 Å². The van der Waals surface area contributed by atoms with E-state index >= 15 is 0 Å². The van der Waals surface area contributed by atoms with Crippen molar-refractivity contribution in [2.75, 3.05) is 0 Å². The molecule has 4 nitrogen and oxygen atoms in total. The highest BCUT2D eigenvalue weighted by Crippen LogP contribution is 2.22. The van der Waals surface area contributed by atoms with Gasteiger partial charge in [-0.1, -0.05) is 35.5 Å². The van der Waals surface area contributed by atoms with Gasteiger partial charge in [-0.25, -0.2) is 0 Å². The van der Waals surface area contributed by atoms with E-state index in [1.807, 2.05) is 29.1 Å². The van der Waals surface area contributed by atoms with Crippen molar-refractivity contribution in [3.05, 3.63) is 53.3 Å². The lowest BCUT2D eigenvalue weighted by Gasteiger charge is -2.14. The zero-order valence-corrected chi connectivity index (χ0v) is 10.1. The number of hydrogen-bond donors (Lipinski definition) is 1. The minimum absolute atomic E-state index is 0.760. The first-order valence-corrected chi connectivity index (χ1v) is 6.18. The standard InChI is InChI=1S/C14H15N3O/c18-16-13-7-4-8-14-12(13)9-15-17(14)10-11-5-2-1-3-6-11/h1-3,5-6,9,18H,4,7-8,10H2. The van der Waals surface area contributed by atoms with E-state index in [-0.39, 0.29) is 0 Å². The van der Waals surface area contributed by atoms with Gasteiger partial charge in [-0.3, -0.25) is 4.68 Å². The summed E-state index contributed by atoms with van der Waals surface area (Å²) in [5.74, 6) is 0. The Hall–Kier alpha value is -2.10. The summed E-state index contributed by atoms with van der Waals surface area (Å²) in [5.41, 5.74) is 4.17. The lowest BCUT2D eigenvalue weighted by Crippen LogP contribution is -2.15. The van der Waals surface area contributed by atoms with E-state index in [1.54, 1.807) is 0 Å². The third-order valence-electron chi connectivity index (χ3n) is 3.38. The second kappa shape index (κ2) is 4.64. The summed E-state index contributed by atoms with van der Waals surface area (Å²) < 4.78 is 2.01. The van der Waals surface area contributed by atoms with Gasteiger partial charge in [0.05, 0.1) is 18.5 Å². The fraction of sp³-hybridized carbons (Fsp3) is 0.286. The van der Waals surface area contributed by atoms with E-state index in [9.17, 15) is 0 Å². The number of aromatic nitrogens is 2. The maximum Gasteiger partial charge on any atom is 0.0902 e. The number of nitrogens with zero attached hydrogens (tertiary/aromatic N) is 3. The first-order chi connectivity index (χ1) is 8.88. The summed E-state index contributed by atoms with van der Waals surface area (Å²) in [6.07, 6.45) is 4.67. The molecule has 1 aliphatic carbocycles. The number of benzene rings is 1. The van der Waals surface area contributed by atoms with Gasteiger partial charge in [0.15, 0.2) is 0 Å². The molecule has 0 fully saturated rings. The molecule has 92 valence electrons. The molecule has 18 heavy (non-hydrogen) atoms. The number of hydrogen-bond acceptors (Lipinski definition) is 3. The minimum Gasteiger partial charge on any atom is -0.411 e. The second-order valence-electron chi connectivity index (χ2n) is 4.55. The number of fused-ring (bicyclic) bond motifs is 1. The SMILES string of the molecule is ON=C1CCCc2c1cnn2Cc1ccccc1. The van der Waals surface area contributed by atoms with Gasteiger partial charge in [-0.2, -0.15) is 5.10 Å². The average Bonchev–Trinajstić information content (AvgIpc) is 2.83. The fourth-order valence-electron chi connectivity index (χ4n) is 2.47. The Bertz CT molecular complexity index is 572. The molecule has 2 aromatic rings. The zero-order chi connectivity index (χ0) is 12.4. The minimum atomic E-state index is 0.760. The summed E-state index contributed by atoms with van der Waals surface area (Å²) in [7, 11) is 0. The van der Waals surface area contributed by atoms with Crippen molar-refractivity contribution < 1.29 is 5.21 Å². The Kier molecular flexibility index (Phi) is 2.84. The van der Waals surface area contributed by atoms with E-state index in [0.717, 1.165) is 37.1 Å². The molecular formula is C14H15N3O. The van der Waals surface area contributed by atoms with Crippen molar-refractivity contribution >= 4 is 5.71 Å². The van der Waals surface area contributed by atoms with Crippen LogP contribution in [0.4, 0.5) is 0 Å². The molecule has 3 rings (SSSR count). The second-order valence-corrected chi connectivity index (χ2v) is 4.55. The molecule has 0 atom stereocenters. The molecule has 4 heteroatoms. The molecule has 0 spiro atoms. The van der Waals surface area contributed by atoms with Gasteiger partial charge in [0, 0.05) is 11.3 Å². The molecule has 1 N–H and O–H groups in total. The third kappa shape index (κ3) is 1.90. The first kappa shape index (κ1) is 11.0. The van der Waals surface area contributed by atoms with Crippen LogP contribution in [0.5, 0.6) is 0 Å². The Morgan fingerprint density at radius 3 is 2.83 bits per heavy atom.